The first kappa shape index (κ1) is 22.9. The second-order valence-electron chi connectivity index (χ2n) is 7.86. The molecule has 0 aliphatic carbocycles. The highest BCUT2D eigenvalue weighted by Gasteiger charge is 2.38. The third kappa shape index (κ3) is 3.53. The van der Waals surface area contributed by atoms with Crippen molar-refractivity contribution < 1.29 is 19.1 Å². The molecular formula is C25H19N3O5S2. The summed E-state index contributed by atoms with van der Waals surface area (Å²) in [6.45, 7) is 6.60. The van der Waals surface area contributed by atoms with Crippen LogP contribution in [0, 0.1) is 0 Å². The Kier molecular flexibility index (Phi) is 5.70. The van der Waals surface area contributed by atoms with Crippen LogP contribution in [0.25, 0.3) is 5.57 Å². The van der Waals surface area contributed by atoms with E-state index in [1.807, 2.05) is 17.5 Å². The summed E-state index contributed by atoms with van der Waals surface area (Å²) in [6.07, 6.45) is 1.47. The van der Waals surface area contributed by atoms with E-state index >= 15 is 0 Å². The molecule has 8 nitrogen and oxygen atoms in total. The van der Waals surface area contributed by atoms with Gasteiger partial charge in [0.15, 0.2) is 4.80 Å². The number of aromatic nitrogens is 1. The van der Waals surface area contributed by atoms with Crippen molar-refractivity contribution in [2.75, 3.05) is 11.5 Å². The number of esters is 1. The predicted octanol–water partition coefficient (Wildman–Crippen LogP) is 2.29. The van der Waals surface area contributed by atoms with Gasteiger partial charge in [-0.2, -0.15) is 0 Å². The number of fused-ring (bicyclic) bond motifs is 2. The molecule has 5 rings (SSSR count). The van der Waals surface area contributed by atoms with Gasteiger partial charge in [0.2, 0.25) is 5.91 Å². The smallest absolute Gasteiger partial charge is 0.338 e. The molecule has 4 heterocycles. The van der Waals surface area contributed by atoms with E-state index < -0.39 is 29.4 Å². The quantitative estimate of drug-likeness (QED) is 0.400. The van der Waals surface area contributed by atoms with Gasteiger partial charge in [-0.1, -0.05) is 48.3 Å². The fourth-order valence-corrected chi connectivity index (χ4v) is 6.27. The van der Waals surface area contributed by atoms with Crippen molar-refractivity contribution in [2.45, 2.75) is 19.9 Å². The number of para-hydroxylation sites is 1. The summed E-state index contributed by atoms with van der Waals surface area (Å²) in [5.41, 5.74) is 1.32. The number of anilines is 1. The van der Waals surface area contributed by atoms with Crippen molar-refractivity contribution in [3.05, 3.63) is 95.8 Å². The van der Waals surface area contributed by atoms with Gasteiger partial charge < -0.3 is 4.74 Å². The van der Waals surface area contributed by atoms with Crippen LogP contribution < -0.4 is 19.8 Å². The van der Waals surface area contributed by atoms with Gasteiger partial charge in [0.05, 0.1) is 22.5 Å². The van der Waals surface area contributed by atoms with E-state index in [0.717, 1.165) is 21.1 Å². The lowest BCUT2D eigenvalue weighted by atomic mass is 10.0. The Morgan fingerprint density at radius 1 is 1.20 bits per heavy atom. The molecule has 35 heavy (non-hydrogen) atoms. The Morgan fingerprint density at radius 3 is 2.66 bits per heavy atom. The van der Waals surface area contributed by atoms with Crippen molar-refractivity contribution in [3.8, 4) is 0 Å². The van der Waals surface area contributed by atoms with Gasteiger partial charge in [0.25, 0.3) is 11.5 Å². The first-order valence-electron chi connectivity index (χ1n) is 10.7. The Hall–Kier alpha value is -3.89. The van der Waals surface area contributed by atoms with Crippen LogP contribution in [0.5, 0.6) is 0 Å². The lowest BCUT2D eigenvalue weighted by molar-refractivity contribution is -0.138. The third-order valence-electron chi connectivity index (χ3n) is 5.74. The maximum absolute atomic E-state index is 13.9. The second-order valence-corrected chi connectivity index (χ2v) is 9.81. The van der Waals surface area contributed by atoms with Crippen LogP contribution in [-0.2, 0) is 19.1 Å². The molecular weight excluding hydrogens is 486 g/mol. The van der Waals surface area contributed by atoms with Gasteiger partial charge in [-0.3, -0.25) is 19.0 Å². The highest BCUT2D eigenvalue weighted by molar-refractivity contribution is 7.10. The number of carbonyl (C=O) groups is 3. The minimum absolute atomic E-state index is 0.0213. The summed E-state index contributed by atoms with van der Waals surface area (Å²) in [4.78, 5) is 59.2. The number of carbonyl (C=O) groups excluding carboxylic acids is 3. The van der Waals surface area contributed by atoms with Crippen LogP contribution in [0.1, 0.15) is 30.3 Å². The zero-order valence-corrected chi connectivity index (χ0v) is 20.4. The van der Waals surface area contributed by atoms with E-state index in [9.17, 15) is 19.2 Å². The number of thiophene rings is 1. The third-order valence-corrected chi connectivity index (χ3v) is 7.71. The lowest BCUT2D eigenvalue weighted by Gasteiger charge is -2.23. The Labute approximate surface area is 207 Å². The SMILES string of the molecule is C=CCOC(=O)C1=C(C)N=c2s/c(=C3\C(=O)N(C(C)=O)c4ccccc43)c(=O)n2[C@@H]1c1cccs1. The number of ether oxygens (including phenoxy) is 1. The van der Waals surface area contributed by atoms with E-state index in [0.29, 0.717) is 21.7 Å². The van der Waals surface area contributed by atoms with E-state index in [1.54, 1.807) is 31.2 Å². The molecule has 0 bridgehead atoms. The maximum Gasteiger partial charge on any atom is 0.338 e. The molecule has 0 radical (unpaired) electrons. The fraction of sp³-hybridized carbons (Fsp3) is 0.160. The minimum Gasteiger partial charge on any atom is -0.458 e. The van der Waals surface area contributed by atoms with E-state index in [-0.39, 0.29) is 22.3 Å². The number of amides is 2. The maximum atomic E-state index is 13.9. The molecule has 2 amide bonds. The number of thiazole rings is 1. The van der Waals surface area contributed by atoms with E-state index in [4.69, 9.17) is 4.74 Å². The number of rotatable bonds is 4. The molecule has 10 heteroatoms. The Bertz CT molecular complexity index is 1630. The highest BCUT2D eigenvalue weighted by Crippen LogP contribution is 2.36. The molecule has 0 unspecified atom stereocenters. The van der Waals surface area contributed by atoms with Crippen molar-refractivity contribution in [1.29, 1.82) is 0 Å². The monoisotopic (exact) mass is 505 g/mol. The molecule has 3 aromatic rings. The summed E-state index contributed by atoms with van der Waals surface area (Å²) in [5, 5.41) is 1.86. The standard InChI is InChI=1S/C25H19N3O5S2/c1-4-11-33-24(32)18-13(2)26-25-28(20(18)17-10-7-12-34-17)23(31)21(35-25)19-15-8-5-6-9-16(15)27(14(3)29)22(19)30/h4-10,12,20H,1,11H2,2-3H3/b21-19-/t20-/m1/s1. The summed E-state index contributed by atoms with van der Waals surface area (Å²) in [7, 11) is 0. The molecule has 0 saturated carbocycles. The van der Waals surface area contributed by atoms with Crippen LogP contribution in [0.3, 0.4) is 0 Å². The fourth-order valence-electron chi connectivity index (χ4n) is 4.31. The minimum atomic E-state index is -0.756. The van der Waals surface area contributed by atoms with E-state index in [2.05, 4.69) is 11.6 Å². The molecule has 1 atom stereocenters. The van der Waals surface area contributed by atoms with Gasteiger partial charge in [0.1, 0.15) is 17.2 Å². The average Bonchev–Trinajstić information content (AvgIpc) is 3.53. The summed E-state index contributed by atoms with van der Waals surface area (Å²) in [5.74, 6) is -1.59. The molecule has 2 aliphatic heterocycles. The number of benzene rings is 1. The number of hydrogen-bond acceptors (Lipinski definition) is 8. The van der Waals surface area contributed by atoms with Gasteiger partial charge in [-0.15, -0.1) is 11.3 Å². The second kappa shape index (κ2) is 8.71. The van der Waals surface area contributed by atoms with Gasteiger partial charge in [0, 0.05) is 17.4 Å². The zero-order valence-electron chi connectivity index (χ0n) is 18.8. The zero-order chi connectivity index (χ0) is 24.9. The van der Waals surface area contributed by atoms with Gasteiger partial charge >= 0.3 is 5.97 Å². The first-order valence-corrected chi connectivity index (χ1v) is 12.4. The predicted molar refractivity (Wildman–Crippen MR) is 133 cm³/mol. The van der Waals surface area contributed by atoms with Crippen LogP contribution in [0.4, 0.5) is 5.69 Å². The van der Waals surface area contributed by atoms with Crippen molar-refractivity contribution in [2.24, 2.45) is 4.99 Å². The lowest BCUT2D eigenvalue weighted by Crippen LogP contribution is -2.41. The van der Waals surface area contributed by atoms with Crippen LogP contribution in [0.15, 0.2) is 75.5 Å². The molecule has 0 spiro atoms. The number of allylic oxidation sites excluding steroid dienone is 1. The van der Waals surface area contributed by atoms with Crippen molar-refractivity contribution >= 4 is 51.7 Å². The molecule has 176 valence electrons. The normalized spacial score (nSPS) is 18.2. The molecule has 0 fully saturated rings. The topological polar surface area (TPSA) is 98.0 Å². The first-order chi connectivity index (χ1) is 16.8. The Balaban J connectivity index is 1.80. The number of hydrogen-bond donors (Lipinski definition) is 0. The highest BCUT2D eigenvalue weighted by atomic mass is 32.1. The van der Waals surface area contributed by atoms with Gasteiger partial charge in [-0.05, 0) is 24.4 Å². The number of nitrogens with zero attached hydrogens (tertiary/aromatic N) is 3. The van der Waals surface area contributed by atoms with Gasteiger partial charge in [-0.25, -0.2) is 14.7 Å². The van der Waals surface area contributed by atoms with Crippen LogP contribution in [0.2, 0.25) is 0 Å². The molecule has 2 aromatic heterocycles. The molecule has 1 aromatic carbocycles. The summed E-state index contributed by atoms with van der Waals surface area (Å²) < 4.78 is 6.91. The molecule has 0 saturated heterocycles. The number of imide groups is 1. The largest absolute Gasteiger partial charge is 0.458 e. The van der Waals surface area contributed by atoms with Crippen LogP contribution >= 0.6 is 22.7 Å². The van der Waals surface area contributed by atoms with Crippen LogP contribution in [-0.4, -0.2) is 29.0 Å². The molecule has 2 aliphatic rings. The Morgan fingerprint density at radius 2 is 1.97 bits per heavy atom. The van der Waals surface area contributed by atoms with Crippen molar-refractivity contribution in [3.63, 3.8) is 0 Å². The van der Waals surface area contributed by atoms with Crippen molar-refractivity contribution in [1.82, 2.24) is 4.57 Å². The summed E-state index contributed by atoms with van der Waals surface area (Å²) >= 11 is 2.47. The molecule has 0 N–H and O–H groups in total. The summed E-state index contributed by atoms with van der Waals surface area (Å²) in [6, 6.07) is 9.78. The van der Waals surface area contributed by atoms with E-state index in [1.165, 1.54) is 28.9 Å². The average molecular weight is 506 g/mol.